The first-order valence-electron chi connectivity index (χ1n) is 4.42. The Morgan fingerprint density at radius 3 is 2.18 bits per heavy atom. The topological polar surface area (TPSA) is 26.0 Å². The number of unbranched alkanes of at least 4 members (excludes halogenated alkanes) is 1. The van der Waals surface area contributed by atoms with Crippen molar-refractivity contribution in [2.45, 2.75) is 52.5 Å². The van der Waals surface area contributed by atoms with Gasteiger partial charge in [-0.15, -0.1) is 12.4 Å². The molecule has 0 aliphatic rings. The number of hydrogen-bond acceptors (Lipinski definition) is 1. The van der Waals surface area contributed by atoms with Crippen LogP contribution < -0.4 is 5.73 Å². The minimum atomic E-state index is 0. The lowest BCUT2D eigenvalue weighted by molar-refractivity contribution is 0.461. The van der Waals surface area contributed by atoms with Crippen molar-refractivity contribution in [3.05, 3.63) is 0 Å². The van der Waals surface area contributed by atoms with Crippen LogP contribution in [0.5, 0.6) is 0 Å². The van der Waals surface area contributed by atoms with Crippen molar-refractivity contribution in [3.8, 4) is 0 Å². The Balaban J connectivity index is 0. The Kier molecular flexibility index (Phi) is 10.5. The van der Waals surface area contributed by atoms with Crippen LogP contribution in [0, 0.1) is 5.92 Å². The van der Waals surface area contributed by atoms with Crippen LogP contribution in [0.25, 0.3) is 0 Å². The van der Waals surface area contributed by atoms with Crippen molar-refractivity contribution < 1.29 is 0 Å². The number of hydrogen-bond donors (Lipinski definition) is 1. The molecule has 1 unspecified atom stereocenters. The monoisotopic (exact) mass is 179 g/mol. The standard InChI is InChI=1S/C9H21N.ClH/c1-4-5-6-9(10)7-8(2)3;/h8-9H,4-7,10H2,1-3H3;1H. The maximum absolute atomic E-state index is 5.86. The molecule has 2 heteroatoms. The first-order chi connectivity index (χ1) is 4.66. The lowest BCUT2D eigenvalue weighted by atomic mass is 10.0. The summed E-state index contributed by atoms with van der Waals surface area (Å²) in [5.74, 6) is 0.756. The van der Waals surface area contributed by atoms with Gasteiger partial charge in [0.25, 0.3) is 0 Å². The maximum atomic E-state index is 5.86. The predicted molar refractivity (Wildman–Crippen MR) is 54.2 cm³/mol. The Bertz CT molecular complexity index is 74.0. The highest BCUT2D eigenvalue weighted by atomic mass is 35.5. The Labute approximate surface area is 77.2 Å². The average Bonchev–Trinajstić information content (AvgIpc) is 1.82. The van der Waals surface area contributed by atoms with Gasteiger partial charge in [0.15, 0.2) is 0 Å². The van der Waals surface area contributed by atoms with E-state index >= 15 is 0 Å². The third-order valence-electron chi connectivity index (χ3n) is 1.70. The second-order valence-electron chi connectivity index (χ2n) is 3.53. The number of nitrogens with two attached hydrogens (primary N) is 1. The van der Waals surface area contributed by atoms with Crippen molar-refractivity contribution >= 4 is 12.4 Å². The van der Waals surface area contributed by atoms with Crippen molar-refractivity contribution in [2.24, 2.45) is 11.7 Å². The van der Waals surface area contributed by atoms with Gasteiger partial charge in [0.1, 0.15) is 0 Å². The lowest BCUT2D eigenvalue weighted by Crippen LogP contribution is -2.21. The molecule has 1 nitrogen and oxygen atoms in total. The van der Waals surface area contributed by atoms with Crippen molar-refractivity contribution in [1.29, 1.82) is 0 Å². The Hall–Kier alpha value is 0.250. The Morgan fingerprint density at radius 1 is 1.27 bits per heavy atom. The van der Waals surface area contributed by atoms with Crippen LogP contribution in [-0.4, -0.2) is 6.04 Å². The quantitative estimate of drug-likeness (QED) is 0.690. The molecule has 0 radical (unpaired) electrons. The fraction of sp³-hybridized carbons (Fsp3) is 1.00. The summed E-state index contributed by atoms with van der Waals surface area (Å²) in [6.45, 7) is 6.67. The third-order valence-corrected chi connectivity index (χ3v) is 1.70. The SMILES string of the molecule is CCCCC(N)CC(C)C.Cl. The molecule has 0 amide bonds. The highest BCUT2D eigenvalue weighted by Crippen LogP contribution is 2.08. The molecule has 70 valence electrons. The van der Waals surface area contributed by atoms with Gasteiger partial charge in [-0.25, -0.2) is 0 Å². The molecule has 0 heterocycles. The summed E-state index contributed by atoms with van der Waals surface area (Å²) in [7, 11) is 0. The van der Waals surface area contributed by atoms with E-state index in [1.54, 1.807) is 0 Å². The molecule has 0 aromatic rings. The van der Waals surface area contributed by atoms with Crippen molar-refractivity contribution in [2.75, 3.05) is 0 Å². The van der Waals surface area contributed by atoms with Gasteiger partial charge in [0.2, 0.25) is 0 Å². The van der Waals surface area contributed by atoms with E-state index in [9.17, 15) is 0 Å². The molecule has 0 aromatic carbocycles. The van der Waals surface area contributed by atoms with Crippen LogP contribution >= 0.6 is 12.4 Å². The van der Waals surface area contributed by atoms with Gasteiger partial charge in [-0.2, -0.15) is 0 Å². The van der Waals surface area contributed by atoms with Gasteiger partial charge in [0, 0.05) is 6.04 Å². The predicted octanol–water partition coefficient (Wildman–Crippen LogP) is 2.97. The van der Waals surface area contributed by atoms with Gasteiger partial charge in [-0.1, -0.05) is 33.6 Å². The van der Waals surface area contributed by atoms with Gasteiger partial charge >= 0.3 is 0 Å². The first kappa shape index (κ1) is 13.8. The summed E-state index contributed by atoms with van der Waals surface area (Å²) in [4.78, 5) is 0. The van der Waals surface area contributed by atoms with E-state index in [-0.39, 0.29) is 12.4 Å². The second-order valence-corrected chi connectivity index (χ2v) is 3.53. The normalized spacial score (nSPS) is 12.8. The summed E-state index contributed by atoms with van der Waals surface area (Å²) in [5, 5.41) is 0. The highest BCUT2D eigenvalue weighted by molar-refractivity contribution is 5.85. The van der Waals surface area contributed by atoms with Crippen LogP contribution in [0.1, 0.15) is 46.5 Å². The second kappa shape index (κ2) is 8.35. The van der Waals surface area contributed by atoms with E-state index in [1.165, 1.54) is 25.7 Å². The van der Waals surface area contributed by atoms with Crippen LogP contribution in [0.3, 0.4) is 0 Å². The van der Waals surface area contributed by atoms with E-state index in [1.807, 2.05) is 0 Å². The summed E-state index contributed by atoms with van der Waals surface area (Å²) in [6, 6.07) is 0.444. The molecule has 0 aromatic heterocycles. The molecule has 0 saturated heterocycles. The third kappa shape index (κ3) is 10.2. The zero-order valence-electron chi connectivity index (χ0n) is 7.97. The molecule has 0 aliphatic carbocycles. The summed E-state index contributed by atoms with van der Waals surface area (Å²) >= 11 is 0. The summed E-state index contributed by atoms with van der Waals surface area (Å²) in [6.07, 6.45) is 4.94. The smallest absolute Gasteiger partial charge is 0.00412 e. The highest BCUT2D eigenvalue weighted by Gasteiger charge is 2.03. The van der Waals surface area contributed by atoms with E-state index in [0.717, 1.165) is 5.92 Å². The van der Waals surface area contributed by atoms with Crippen molar-refractivity contribution in [3.63, 3.8) is 0 Å². The minimum absolute atomic E-state index is 0. The zero-order valence-corrected chi connectivity index (χ0v) is 8.79. The molecule has 0 spiro atoms. The van der Waals surface area contributed by atoms with Crippen LogP contribution in [-0.2, 0) is 0 Å². The summed E-state index contributed by atoms with van der Waals surface area (Å²) in [5.41, 5.74) is 5.86. The largest absolute Gasteiger partial charge is 0.328 e. The fourth-order valence-electron chi connectivity index (χ4n) is 1.19. The maximum Gasteiger partial charge on any atom is 0.00412 e. The van der Waals surface area contributed by atoms with Crippen LogP contribution in [0.4, 0.5) is 0 Å². The molecule has 0 bridgehead atoms. The number of halogens is 1. The molecule has 0 saturated carbocycles. The molecule has 0 aliphatic heterocycles. The summed E-state index contributed by atoms with van der Waals surface area (Å²) < 4.78 is 0. The van der Waals surface area contributed by atoms with Crippen molar-refractivity contribution in [1.82, 2.24) is 0 Å². The van der Waals surface area contributed by atoms with Gasteiger partial charge < -0.3 is 5.73 Å². The molecule has 2 N–H and O–H groups in total. The first-order valence-corrected chi connectivity index (χ1v) is 4.42. The van der Waals surface area contributed by atoms with Gasteiger partial charge in [-0.05, 0) is 18.8 Å². The van der Waals surface area contributed by atoms with E-state index in [0.29, 0.717) is 6.04 Å². The molecular weight excluding hydrogens is 158 g/mol. The molecule has 0 fully saturated rings. The lowest BCUT2D eigenvalue weighted by Gasteiger charge is -2.12. The Morgan fingerprint density at radius 2 is 1.82 bits per heavy atom. The molecule has 0 rings (SSSR count). The molecular formula is C9H22ClN. The zero-order chi connectivity index (χ0) is 7.98. The van der Waals surface area contributed by atoms with E-state index in [4.69, 9.17) is 5.73 Å². The van der Waals surface area contributed by atoms with E-state index < -0.39 is 0 Å². The van der Waals surface area contributed by atoms with Gasteiger partial charge in [-0.3, -0.25) is 0 Å². The van der Waals surface area contributed by atoms with E-state index in [2.05, 4.69) is 20.8 Å². The number of rotatable bonds is 5. The minimum Gasteiger partial charge on any atom is -0.328 e. The molecule has 11 heavy (non-hydrogen) atoms. The van der Waals surface area contributed by atoms with Crippen LogP contribution in [0.15, 0.2) is 0 Å². The van der Waals surface area contributed by atoms with Crippen LogP contribution in [0.2, 0.25) is 0 Å². The fourth-order valence-corrected chi connectivity index (χ4v) is 1.19. The molecule has 1 atom stereocenters. The average molecular weight is 180 g/mol. The van der Waals surface area contributed by atoms with Gasteiger partial charge in [0.05, 0.1) is 0 Å².